The van der Waals surface area contributed by atoms with E-state index in [1.54, 1.807) is 6.92 Å². The van der Waals surface area contributed by atoms with Crippen LogP contribution in [0, 0.1) is 24.1 Å². The molecule has 2 heterocycles. The number of allylic oxidation sites excluding steroid dienone is 1. The van der Waals surface area contributed by atoms with E-state index in [0.29, 0.717) is 11.5 Å². The standard InChI is InChI=1S/C17H13FN2O4/c1-8-5-13-15(17(21)23-8)14(11(7-19)16(20)24-13)10-6-9(22-2)3-4-12(10)18/h3-6,14H,20H2,1-2H3. The van der Waals surface area contributed by atoms with Crippen molar-refractivity contribution in [3.8, 4) is 17.6 Å². The zero-order valence-corrected chi connectivity index (χ0v) is 12.9. The van der Waals surface area contributed by atoms with Crippen molar-refractivity contribution in [1.29, 1.82) is 5.26 Å². The molecule has 2 aromatic rings. The number of hydrogen-bond donors (Lipinski definition) is 1. The van der Waals surface area contributed by atoms with E-state index in [1.165, 1.54) is 31.4 Å². The molecule has 1 aromatic carbocycles. The van der Waals surface area contributed by atoms with E-state index in [4.69, 9.17) is 19.6 Å². The Morgan fingerprint density at radius 3 is 2.79 bits per heavy atom. The summed E-state index contributed by atoms with van der Waals surface area (Å²) in [5.41, 5.74) is 5.13. The predicted molar refractivity (Wildman–Crippen MR) is 82.0 cm³/mol. The van der Waals surface area contributed by atoms with E-state index in [2.05, 4.69) is 0 Å². The number of nitrogens with two attached hydrogens (primary N) is 1. The minimum absolute atomic E-state index is 0.0264. The second kappa shape index (κ2) is 5.74. The Hall–Kier alpha value is -3.27. The molecule has 0 spiro atoms. The van der Waals surface area contributed by atoms with E-state index in [1.807, 2.05) is 6.07 Å². The minimum Gasteiger partial charge on any atom is -0.497 e. The summed E-state index contributed by atoms with van der Waals surface area (Å²) in [4.78, 5) is 12.3. The monoisotopic (exact) mass is 328 g/mol. The molecule has 24 heavy (non-hydrogen) atoms. The molecule has 122 valence electrons. The van der Waals surface area contributed by atoms with E-state index in [0.717, 1.165) is 0 Å². The lowest BCUT2D eigenvalue weighted by Gasteiger charge is -2.25. The van der Waals surface area contributed by atoms with Crippen molar-refractivity contribution in [2.24, 2.45) is 5.73 Å². The third kappa shape index (κ3) is 2.38. The van der Waals surface area contributed by atoms with Crippen LogP contribution in [0.2, 0.25) is 0 Å². The van der Waals surface area contributed by atoms with Gasteiger partial charge in [0, 0.05) is 11.6 Å². The fourth-order valence-electron chi connectivity index (χ4n) is 2.70. The molecule has 0 amide bonds. The van der Waals surface area contributed by atoms with Gasteiger partial charge in [-0.2, -0.15) is 5.26 Å². The number of hydrogen-bond acceptors (Lipinski definition) is 6. The number of ether oxygens (including phenoxy) is 2. The molecule has 1 aromatic heterocycles. The van der Waals surface area contributed by atoms with Gasteiger partial charge in [0.1, 0.15) is 34.7 Å². The largest absolute Gasteiger partial charge is 0.497 e. The van der Waals surface area contributed by atoms with Crippen LogP contribution in [0.1, 0.15) is 22.8 Å². The van der Waals surface area contributed by atoms with Crippen LogP contribution in [0.25, 0.3) is 0 Å². The second-order valence-corrected chi connectivity index (χ2v) is 5.23. The van der Waals surface area contributed by atoms with Gasteiger partial charge in [-0.1, -0.05) is 0 Å². The highest BCUT2D eigenvalue weighted by molar-refractivity contribution is 5.55. The third-order valence-electron chi connectivity index (χ3n) is 3.77. The molecule has 0 radical (unpaired) electrons. The lowest BCUT2D eigenvalue weighted by molar-refractivity contribution is 0.369. The van der Waals surface area contributed by atoms with E-state index < -0.39 is 17.4 Å². The molecule has 7 heteroatoms. The molecular weight excluding hydrogens is 315 g/mol. The first kappa shape index (κ1) is 15.6. The average molecular weight is 328 g/mol. The zero-order chi connectivity index (χ0) is 17.4. The smallest absolute Gasteiger partial charge is 0.343 e. The molecule has 1 unspecified atom stereocenters. The summed E-state index contributed by atoms with van der Waals surface area (Å²) in [6.07, 6.45) is 0. The summed E-state index contributed by atoms with van der Waals surface area (Å²) in [7, 11) is 1.43. The summed E-state index contributed by atoms with van der Waals surface area (Å²) in [5.74, 6) is -0.974. The molecule has 0 bridgehead atoms. The van der Waals surface area contributed by atoms with Crippen LogP contribution in [0.5, 0.6) is 11.5 Å². The SMILES string of the molecule is COc1ccc(F)c(C2C(C#N)=C(N)Oc3cc(C)oc(=O)c32)c1. The van der Waals surface area contributed by atoms with E-state index >= 15 is 0 Å². The highest BCUT2D eigenvalue weighted by atomic mass is 19.1. The van der Waals surface area contributed by atoms with Crippen molar-refractivity contribution in [2.75, 3.05) is 7.11 Å². The summed E-state index contributed by atoms with van der Waals surface area (Å²) in [6, 6.07) is 7.42. The number of halogens is 1. The Bertz CT molecular complexity index is 956. The highest BCUT2D eigenvalue weighted by Gasteiger charge is 2.36. The molecule has 3 rings (SSSR count). The number of aryl methyl sites for hydroxylation is 1. The van der Waals surface area contributed by atoms with Gasteiger partial charge in [0.25, 0.3) is 0 Å². The quantitative estimate of drug-likeness (QED) is 0.908. The van der Waals surface area contributed by atoms with Crippen LogP contribution in [-0.2, 0) is 0 Å². The highest BCUT2D eigenvalue weighted by Crippen LogP contribution is 2.42. The van der Waals surface area contributed by atoms with Crippen LogP contribution in [-0.4, -0.2) is 7.11 Å². The Morgan fingerprint density at radius 2 is 2.12 bits per heavy atom. The summed E-state index contributed by atoms with van der Waals surface area (Å²) >= 11 is 0. The van der Waals surface area contributed by atoms with Crippen LogP contribution in [0.3, 0.4) is 0 Å². The summed E-state index contributed by atoms with van der Waals surface area (Å²) in [6.45, 7) is 1.58. The molecule has 0 saturated carbocycles. The lowest BCUT2D eigenvalue weighted by atomic mass is 9.84. The topological polar surface area (TPSA) is 98.5 Å². The van der Waals surface area contributed by atoms with Crippen LogP contribution in [0.4, 0.5) is 4.39 Å². The Balaban J connectivity index is 2.34. The van der Waals surface area contributed by atoms with Crippen molar-refractivity contribution in [1.82, 2.24) is 0 Å². The van der Waals surface area contributed by atoms with Crippen molar-refractivity contribution in [2.45, 2.75) is 12.8 Å². The number of benzene rings is 1. The molecule has 0 saturated heterocycles. The first-order valence-electron chi connectivity index (χ1n) is 7.02. The van der Waals surface area contributed by atoms with E-state index in [-0.39, 0.29) is 28.3 Å². The first-order valence-corrected chi connectivity index (χ1v) is 7.02. The zero-order valence-electron chi connectivity index (χ0n) is 12.9. The maximum atomic E-state index is 14.4. The Morgan fingerprint density at radius 1 is 1.38 bits per heavy atom. The van der Waals surface area contributed by atoms with E-state index in [9.17, 15) is 14.4 Å². The minimum atomic E-state index is -1.04. The van der Waals surface area contributed by atoms with Crippen molar-refractivity contribution in [3.63, 3.8) is 0 Å². The van der Waals surface area contributed by atoms with Gasteiger partial charge in [0.05, 0.1) is 18.6 Å². The lowest BCUT2D eigenvalue weighted by Crippen LogP contribution is -2.26. The van der Waals surface area contributed by atoms with Gasteiger partial charge >= 0.3 is 5.63 Å². The molecule has 1 atom stereocenters. The van der Waals surface area contributed by atoms with Gasteiger partial charge in [0.2, 0.25) is 5.88 Å². The molecule has 0 fully saturated rings. The fraction of sp³-hybridized carbons (Fsp3) is 0.176. The normalized spacial score (nSPS) is 16.2. The van der Waals surface area contributed by atoms with Gasteiger partial charge < -0.3 is 19.6 Å². The number of rotatable bonds is 2. The van der Waals surface area contributed by atoms with Crippen molar-refractivity contribution >= 4 is 0 Å². The van der Waals surface area contributed by atoms with Gasteiger partial charge in [-0.15, -0.1) is 0 Å². The van der Waals surface area contributed by atoms with Crippen molar-refractivity contribution in [3.05, 3.63) is 68.8 Å². The van der Waals surface area contributed by atoms with Gasteiger partial charge in [0.15, 0.2) is 0 Å². The molecular formula is C17H13FN2O4. The predicted octanol–water partition coefficient (Wildman–Crippen LogP) is 2.31. The van der Waals surface area contributed by atoms with Gasteiger partial charge in [-0.25, -0.2) is 9.18 Å². The first-order chi connectivity index (χ1) is 11.5. The van der Waals surface area contributed by atoms with Gasteiger partial charge in [-0.05, 0) is 25.1 Å². The summed E-state index contributed by atoms with van der Waals surface area (Å²) < 4.78 is 30.0. The maximum Gasteiger partial charge on any atom is 0.343 e. The number of methoxy groups -OCH3 is 1. The van der Waals surface area contributed by atoms with Gasteiger partial charge in [-0.3, -0.25) is 0 Å². The molecule has 2 N–H and O–H groups in total. The molecule has 0 aliphatic carbocycles. The van der Waals surface area contributed by atoms with Crippen molar-refractivity contribution < 1.29 is 18.3 Å². The molecule has 1 aliphatic heterocycles. The molecule has 1 aliphatic rings. The van der Waals surface area contributed by atoms with Crippen LogP contribution in [0.15, 0.2) is 44.9 Å². The fourth-order valence-corrected chi connectivity index (χ4v) is 2.70. The average Bonchev–Trinajstić information content (AvgIpc) is 2.53. The number of nitrogens with zero attached hydrogens (tertiary/aromatic N) is 1. The number of nitriles is 1. The second-order valence-electron chi connectivity index (χ2n) is 5.23. The molecule has 6 nitrogen and oxygen atoms in total. The Kier molecular flexibility index (Phi) is 3.73. The third-order valence-corrected chi connectivity index (χ3v) is 3.77. The van der Waals surface area contributed by atoms with Crippen LogP contribution >= 0.6 is 0 Å². The maximum absolute atomic E-state index is 14.4. The Labute approximate surface area is 136 Å². The number of fused-ring (bicyclic) bond motifs is 1. The summed E-state index contributed by atoms with van der Waals surface area (Å²) in [5, 5.41) is 9.43. The van der Waals surface area contributed by atoms with Crippen LogP contribution < -0.4 is 20.8 Å².